The minimum Gasteiger partial charge on any atom is -0.480 e. The van der Waals surface area contributed by atoms with Crippen LogP contribution in [0.15, 0.2) is 30.3 Å². The van der Waals surface area contributed by atoms with Crippen molar-refractivity contribution in [2.45, 2.75) is 49.6 Å². The first-order chi connectivity index (χ1) is 10.1. The fraction of sp³-hybridized carbons (Fsp3) is 0.588. The van der Waals surface area contributed by atoms with Gasteiger partial charge in [0.05, 0.1) is 0 Å². The van der Waals surface area contributed by atoms with E-state index in [1.807, 2.05) is 0 Å². The summed E-state index contributed by atoms with van der Waals surface area (Å²) in [5, 5.41) is 9.23. The highest BCUT2D eigenvalue weighted by Gasteiger charge is 2.43. The number of rotatable bonds is 3. The van der Waals surface area contributed by atoms with E-state index >= 15 is 0 Å². The highest BCUT2D eigenvalue weighted by Crippen LogP contribution is 2.36. The molecule has 1 saturated carbocycles. The SMILES string of the molecule is NC1(C(=O)O)CCN(C2CCC(c3ccccc3)CC2)C1. The molecule has 1 saturated heterocycles. The summed E-state index contributed by atoms with van der Waals surface area (Å²) in [6.07, 6.45) is 5.25. The second-order valence-corrected chi connectivity index (χ2v) is 6.60. The number of carboxylic acid groups (broad SMARTS) is 1. The molecule has 1 aromatic rings. The van der Waals surface area contributed by atoms with Gasteiger partial charge in [-0.3, -0.25) is 9.69 Å². The molecule has 2 fully saturated rings. The number of nitrogens with two attached hydrogens (primary N) is 1. The molecule has 4 heteroatoms. The van der Waals surface area contributed by atoms with Gasteiger partial charge in [0.15, 0.2) is 0 Å². The maximum atomic E-state index is 11.2. The van der Waals surface area contributed by atoms with Crippen molar-refractivity contribution in [1.82, 2.24) is 4.90 Å². The molecule has 114 valence electrons. The third-order valence-corrected chi connectivity index (χ3v) is 5.24. The molecule has 0 aromatic heterocycles. The summed E-state index contributed by atoms with van der Waals surface area (Å²) in [5.74, 6) is -0.199. The molecule has 2 aliphatic rings. The standard InChI is InChI=1S/C17H24N2O2/c18-17(16(20)21)10-11-19(12-17)15-8-6-14(7-9-15)13-4-2-1-3-5-13/h1-5,14-15H,6-12,18H2,(H,20,21). The molecule has 1 aliphatic carbocycles. The first-order valence-electron chi connectivity index (χ1n) is 7.90. The summed E-state index contributed by atoms with van der Waals surface area (Å²) in [5.41, 5.74) is 6.39. The highest BCUT2D eigenvalue weighted by atomic mass is 16.4. The minimum atomic E-state index is -1.03. The molecular formula is C17H24N2O2. The maximum Gasteiger partial charge on any atom is 0.325 e. The normalized spacial score (nSPS) is 34.0. The minimum absolute atomic E-state index is 0.503. The van der Waals surface area contributed by atoms with E-state index in [9.17, 15) is 9.90 Å². The Kier molecular flexibility index (Phi) is 4.00. The molecule has 0 bridgehead atoms. The van der Waals surface area contributed by atoms with Gasteiger partial charge < -0.3 is 10.8 Å². The third-order valence-electron chi connectivity index (χ3n) is 5.24. The molecule has 1 heterocycles. The van der Waals surface area contributed by atoms with Crippen molar-refractivity contribution in [3.8, 4) is 0 Å². The molecule has 3 rings (SSSR count). The second-order valence-electron chi connectivity index (χ2n) is 6.60. The van der Waals surface area contributed by atoms with E-state index in [-0.39, 0.29) is 0 Å². The van der Waals surface area contributed by atoms with Gasteiger partial charge in [0.2, 0.25) is 0 Å². The van der Waals surface area contributed by atoms with Gasteiger partial charge in [-0.05, 0) is 43.6 Å². The number of hydrogen-bond acceptors (Lipinski definition) is 3. The predicted octanol–water partition coefficient (Wildman–Crippen LogP) is 2.20. The van der Waals surface area contributed by atoms with Crippen LogP contribution in [-0.4, -0.2) is 40.6 Å². The fourth-order valence-corrected chi connectivity index (χ4v) is 3.85. The van der Waals surface area contributed by atoms with E-state index in [0.717, 1.165) is 19.4 Å². The van der Waals surface area contributed by atoms with Crippen LogP contribution in [0.1, 0.15) is 43.6 Å². The zero-order chi connectivity index (χ0) is 14.9. The topological polar surface area (TPSA) is 66.6 Å². The van der Waals surface area contributed by atoms with Crippen LogP contribution in [0.4, 0.5) is 0 Å². The van der Waals surface area contributed by atoms with Gasteiger partial charge in [-0.15, -0.1) is 0 Å². The van der Waals surface area contributed by atoms with Crippen LogP contribution >= 0.6 is 0 Å². The summed E-state index contributed by atoms with van der Waals surface area (Å²) in [4.78, 5) is 13.5. The van der Waals surface area contributed by atoms with Gasteiger partial charge in [-0.2, -0.15) is 0 Å². The lowest BCUT2D eigenvalue weighted by atomic mass is 9.81. The number of carboxylic acids is 1. The van der Waals surface area contributed by atoms with E-state index < -0.39 is 11.5 Å². The number of carbonyl (C=O) groups is 1. The third kappa shape index (κ3) is 2.97. The van der Waals surface area contributed by atoms with Crippen LogP contribution in [-0.2, 0) is 4.79 Å². The largest absolute Gasteiger partial charge is 0.480 e. The number of hydrogen-bond donors (Lipinski definition) is 2. The Balaban J connectivity index is 1.56. The smallest absolute Gasteiger partial charge is 0.325 e. The zero-order valence-electron chi connectivity index (χ0n) is 12.4. The maximum absolute atomic E-state index is 11.2. The van der Waals surface area contributed by atoms with E-state index in [4.69, 9.17) is 5.73 Å². The zero-order valence-corrected chi connectivity index (χ0v) is 12.4. The van der Waals surface area contributed by atoms with Crippen LogP contribution in [0.5, 0.6) is 0 Å². The molecule has 1 atom stereocenters. The molecule has 0 amide bonds. The average Bonchev–Trinajstić information content (AvgIpc) is 2.92. The summed E-state index contributed by atoms with van der Waals surface area (Å²) in [6, 6.07) is 11.2. The van der Waals surface area contributed by atoms with Crippen molar-refractivity contribution < 1.29 is 9.90 Å². The number of nitrogens with zero attached hydrogens (tertiary/aromatic N) is 1. The van der Waals surface area contributed by atoms with Gasteiger partial charge in [0.1, 0.15) is 5.54 Å². The summed E-state index contributed by atoms with van der Waals surface area (Å²) >= 11 is 0. The number of benzene rings is 1. The monoisotopic (exact) mass is 288 g/mol. The Hall–Kier alpha value is -1.39. The van der Waals surface area contributed by atoms with Gasteiger partial charge in [0, 0.05) is 19.1 Å². The molecule has 4 nitrogen and oxygen atoms in total. The molecule has 21 heavy (non-hydrogen) atoms. The number of aliphatic carboxylic acids is 1. The molecule has 1 aromatic carbocycles. The predicted molar refractivity (Wildman–Crippen MR) is 82.2 cm³/mol. The number of likely N-dealkylation sites (tertiary alicyclic amines) is 1. The molecule has 3 N–H and O–H groups in total. The van der Waals surface area contributed by atoms with E-state index in [2.05, 4.69) is 35.2 Å². The summed E-state index contributed by atoms with van der Waals surface area (Å²) < 4.78 is 0. The lowest BCUT2D eigenvalue weighted by Gasteiger charge is -2.35. The van der Waals surface area contributed by atoms with Crippen LogP contribution in [0.25, 0.3) is 0 Å². The molecular weight excluding hydrogens is 264 g/mol. The van der Waals surface area contributed by atoms with E-state index in [1.165, 1.54) is 18.4 Å². The first-order valence-corrected chi connectivity index (χ1v) is 7.90. The van der Waals surface area contributed by atoms with Crippen molar-refractivity contribution in [2.24, 2.45) is 5.73 Å². The quantitative estimate of drug-likeness (QED) is 0.895. The average molecular weight is 288 g/mol. The molecule has 1 aliphatic heterocycles. The van der Waals surface area contributed by atoms with Gasteiger partial charge in [-0.1, -0.05) is 30.3 Å². The van der Waals surface area contributed by atoms with Crippen molar-refractivity contribution in [3.05, 3.63) is 35.9 Å². The van der Waals surface area contributed by atoms with Crippen molar-refractivity contribution in [1.29, 1.82) is 0 Å². The van der Waals surface area contributed by atoms with Crippen LogP contribution in [0.2, 0.25) is 0 Å². The highest BCUT2D eigenvalue weighted by molar-refractivity contribution is 5.79. The van der Waals surface area contributed by atoms with E-state index in [1.54, 1.807) is 0 Å². The fourth-order valence-electron chi connectivity index (χ4n) is 3.85. The van der Waals surface area contributed by atoms with Gasteiger partial charge >= 0.3 is 5.97 Å². The molecule has 1 unspecified atom stereocenters. The Morgan fingerprint density at radius 3 is 2.43 bits per heavy atom. The van der Waals surface area contributed by atoms with Gasteiger partial charge in [0.25, 0.3) is 0 Å². The lowest BCUT2D eigenvalue weighted by molar-refractivity contribution is -0.142. The Morgan fingerprint density at radius 1 is 1.19 bits per heavy atom. The van der Waals surface area contributed by atoms with Crippen LogP contribution in [0.3, 0.4) is 0 Å². The van der Waals surface area contributed by atoms with Crippen molar-refractivity contribution in [3.63, 3.8) is 0 Å². The first kappa shape index (κ1) is 14.5. The van der Waals surface area contributed by atoms with Crippen LogP contribution in [0, 0.1) is 0 Å². The van der Waals surface area contributed by atoms with Crippen molar-refractivity contribution >= 4 is 5.97 Å². The Bertz CT molecular complexity index is 497. The Morgan fingerprint density at radius 2 is 1.86 bits per heavy atom. The molecule has 0 spiro atoms. The van der Waals surface area contributed by atoms with Crippen LogP contribution < -0.4 is 5.73 Å². The van der Waals surface area contributed by atoms with Crippen molar-refractivity contribution in [2.75, 3.05) is 13.1 Å². The lowest BCUT2D eigenvalue weighted by Crippen LogP contribution is -2.51. The second kappa shape index (κ2) is 5.78. The Labute approximate surface area is 125 Å². The van der Waals surface area contributed by atoms with Gasteiger partial charge in [-0.25, -0.2) is 0 Å². The van der Waals surface area contributed by atoms with E-state index in [0.29, 0.717) is 24.9 Å². The summed E-state index contributed by atoms with van der Waals surface area (Å²) in [6.45, 7) is 1.33. The summed E-state index contributed by atoms with van der Waals surface area (Å²) in [7, 11) is 0. The molecule has 0 radical (unpaired) electrons.